The van der Waals surface area contributed by atoms with Gasteiger partial charge < -0.3 is 4.34 Å². The highest BCUT2D eigenvalue weighted by molar-refractivity contribution is 7.14. The summed E-state index contributed by atoms with van der Waals surface area (Å²) in [6.07, 6.45) is 2.13. The summed E-state index contributed by atoms with van der Waals surface area (Å²) in [6.45, 7) is 4.27. The molecule has 2 rings (SSSR count). The van der Waals surface area contributed by atoms with E-state index in [4.69, 9.17) is 0 Å². The molecule has 0 saturated heterocycles. The molecule has 0 spiro atoms. The van der Waals surface area contributed by atoms with Crippen LogP contribution in [0.15, 0.2) is 24.4 Å². The summed E-state index contributed by atoms with van der Waals surface area (Å²) in [5.74, 6) is 0. The van der Waals surface area contributed by atoms with Crippen LogP contribution in [-0.2, 0) is 0 Å². The number of aryl methyl sites for hydroxylation is 2. The zero-order chi connectivity index (χ0) is 8.72. The Labute approximate surface area is 74.6 Å². The third kappa shape index (κ3) is 1.05. The van der Waals surface area contributed by atoms with Crippen molar-refractivity contribution in [1.82, 2.24) is 4.34 Å². The maximum Gasteiger partial charge on any atom is 0.0512 e. The fourth-order valence-corrected chi connectivity index (χ4v) is 1.99. The molecule has 2 aromatic rings. The molecule has 0 N–H and O–H groups in total. The van der Waals surface area contributed by atoms with Gasteiger partial charge in [0, 0.05) is 11.6 Å². The van der Waals surface area contributed by atoms with Gasteiger partial charge in [-0.25, -0.2) is 0 Å². The second kappa shape index (κ2) is 2.60. The monoisotopic (exact) mass is 177 g/mol. The molecule has 12 heavy (non-hydrogen) atoms. The van der Waals surface area contributed by atoms with Gasteiger partial charge in [0.1, 0.15) is 0 Å². The normalized spacial score (nSPS) is 10.9. The number of hydrogen-bond acceptors (Lipinski definition) is 0. The summed E-state index contributed by atoms with van der Waals surface area (Å²) < 4.78 is 2.09. The first-order valence-corrected chi connectivity index (χ1v) is 4.53. The molecule has 0 amide bonds. The van der Waals surface area contributed by atoms with Gasteiger partial charge in [-0.05, 0) is 40.9 Å². The lowest BCUT2D eigenvalue weighted by Crippen LogP contribution is -1.75. The van der Waals surface area contributed by atoms with Crippen molar-refractivity contribution in [2.75, 3.05) is 0 Å². The van der Waals surface area contributed by atoms with Crippen molar-refractivity contribution in [3.05, 3.63) is 35.5 Å². The molecule has 0 aliphatic carbocycles. The molecule has 0 aliphatic heterocycles. The van der Waals surface area contributed by atoms with Gasteiger partial charge in [0.25, 0.3) is 0 Å². The maximum atomic E-state index is 2.70. The quantitative estimate of drug-likeness (QED) is 0.545. The van der Waals surface area contributed by atoms with E-state index in [1.807, 2.05) is 0 Å². The van der Waals surface area contributed by atoms with Crippen molar-refractivity contribution in [2.45, 2.75) is 13.8 Å². The van der Waals surface area contributed by atoms with Gasteiger partial charge >= 0.3 is 0 Å². The predicted molar refractivity (Wildman–Crippen MR) is 56.5 cm³/mol. The second-order valence-corrected chi connectivity index (χ2v) is 3.80. The number of nitrogens with zero attached hydrogens (tertiary/aromatic N) is 1. The fourth-order valence-electron chi connectivity index (χ4n) is 1.54. The maximum absolute atomic E-state index is 2.70. The Bertz CT molecular complexity index is 429. The van der Waals surface area contributed by atoms with Crippen LogP contribution in [0.3, 0.4) is 0 Å². The zero-order valence-electron chi connectivity index (χ0n) is 7.33. The summed E-state index contributed by atoms with van der Waals surface area (Å²) in [7, 11) is 2.70. The van der Waals surface area contributed by atoms with E-state index >= 15 is 0 Å². The second-order valence-electron chi connectivity index (χ2n) is 3.24. The lowest BCUT2D eigenvalue weighted by molar-refractivity contribution is 1.33. The van der Waals surface area contributed by atoms with Crippen molar-refractivity contribution < 1.29 is 0 Å². The van der Waals surface area contributed by atoms with E-state index < -0.39 is 0 Å². The Morgan fingerprint density at radius 3 is 2.75 bits per heavy atom. The van der Waals surface area contributed by atoms with Gasteiger partial charge in [0.05, 0.1) is 5.52 Å². The topological polar surface area (TPSA) is 4.93 Å². The highest BCUT2D eigenvalue weighted by Gasteiger charge is 2.01. The van der Waals surface area contributed by atoms with E-state index in [1.54, 1.807) is 0 Å². The molecular weight excluding hydrogens is 165 g/mol. The first kappa shape index (κ1) is 7.82. The third-order valence-electron chi connectivity index (χ3n) is 2.19. The first-order valence-electron chi connectivity index (χ1n) is 4.02. The minimum Gasteiger partial charge on any atom is -0.332 e. The van der Waals surface area contributed by atoms with E-state index in [0.29, 0.717) is 0 Å². The Kier molecular flexibility index (Phi) is 1.69. The molecule has 1 aromatic carbocycles. The average Bonchev–Trinajstić information content (AvgIpc) is 2.28. The summed E-state index contributed by atoms with van der Waals surface area (Å²) in [6, 6.07) is 6.53. The van der Waals surface area contributed by atoms with Crippen molar-refractivity contribution >= 4 is 20.3 Å². The van der Waals surface area contributed by atoms with Crippen LogP contribution in [0.1, 0.15) is 11.1 Å². The molecule has 0 saturated carbocycles. The van der Waals surface area contributed by atoms with Crippen LogP contribution in [0.2, 0.25) is 0 Å². The van der Waals surface area contributed by atoms with Gasteiger partial charge in [-0.1, -0.05) is 11.6 Å². The predicted octanol–water partition coefficient (Wildman–Crippen LogP) is 2.90. The smallest absolute Gasteiger partial charge is 0.0512 e. The first-order chi connectivity index (χ1) is 5.68. The number of fused-ring (bicyclic) bond motifs is 1. The molecule has 62 valence electrons. The van der Waals surface area contributed by atoms with Crippen LogP contribution in [0.5, 0.6) is 0 Å². The summed E-state index contributed by atoms with van der Waals surface area (Å²) in [4.78, 5) is 0. The Morgan fingerprint density at radius 2 is 2.00 bits per heavy atom. The average molecular weight is 177 g/mol. The van der Waals surface area contributed by atoms with E-state index in [2.05, 4.69) is 52.0 Å². The van der Waals surface area contributed by atoms with Gasteiger partial charge in [0.15, 0.2) is 0 Å². The lowest BCUT2D eigenvalue weighted by Gasteiger charge is -1.96. The summed E-state index contributed by atoms with van der Waals surface area (Å²) >= 11 is 0. The number of rotatable bonds is 0. The van der Waals surface area contributed by atoms with Crippen molar-refractivity contribution in [3.8, 4) is 0 Å². The number of aromatic nitrogens is 1. The van der Waals surface area contributed by atoms with Crippen LogP contribution in [0.25, 0.3) is 10.9 Å². The molecule has 1 nitrogen and oxygen atoms in total. The Hall–Kier alpha value is -0.810. The van der Waals surface area contributed by atoms with Gasteiger partial charge in [-0.3, -0.25) is 0 Å². The highest BCUT2D eigenvalue weighted by atomic mass is 31.0. The zero-order valence-corrected chi connectivity index (χ0v) is 8.49. The van der Waals surface area contributed by atoms with Crippen LogP contribution in [-0.4, -0.2) is 4.34 Å². The third-order valence-corrected chi connectivity index (χ3v) is 2.62. The lowest BCUT2D eigenvalue weighted by atomic mass is 10.1. The van der Waals surface area contributed by atoms with Gasteiger partial charge in [-0.15, -0.1) is 0 Å². The molecule has 0 fully saturated rings. The molecule has 1 unspecified atom stereocenters. The molecule has 0 aliphatic rings. The van der Waals surface area contributed by atoms with Gasteiger partial charge in [-0.2, -0.15) is 0 Å². The van der Waals surface area contributed by atoms with Crippen LogP contribution in [0.4, 0.5) is 0 Å². The van der Waals surface area contributed by atoms with Crippen LogP contribution < -0.4 is 0 Å². The Balaban J connectivity index is 2.90. The molecule has 0 radical (unpaired) electrons. The minimum atomic E-state index is 1.28. The molecule has 1 aromatic heterocycles. The summed E-state index contributed by atoms with van der Waals surface area (Å²) in [5, 5.41) is 1.35. The highest BCUT2D eigenvalue weighted by Crippen LogP contribution is 2.23. The Morgan fingerprint density at radius 1 is 1.25 bits per heavy atom. The van der Waals surface area contributed by atoms with E-state index in [9.17, 15) is 0 Å². The SMILES string of the molecule is Cc1ccc2c(c1)c(C)cn2P. The van der Waals surface area contributed by atoms with Crippen molar-refractivity contribution in [1.29, 1.82) is 0 Å². The largest absolute Gasteiger partial charge is 0.332 e. The molecule has 1 atom stereocenters. The molecule has 1 heterocycles. The van der Waals surface area contributed by atoms with Crippen LogP contribution in [0, 0.1) is 13.8 Å². The van der Waals surface area contributed by atoms with E-state index in [0.717, 1.165) is 0 Å². The number of hydrogen-bond donors (Lipinski definition) is 0. The van der Waals surface area contributed by atoms with Crippen molar-refractivity contribution in [2.24, 2.45) is 0 Å². The minimum absolute atomic E-state index is 1.28. The molecular formula is C10H12NP. The van der Waals surface area contributed by atoms with Gasteiger partial charge in [0.2, 0.25) is 0 Å². The molecule has 2 heteroatoms. The fraction of sp³-hybridized carbons (Fsp3) is 0.200. The van der Waals surface area contributed by atoms with Crippen LogP contribution >= 0.6 is 9.39 Å². The summed E-state index contributed by atoms with van der Waals surface area (Å²) in [5.41, 5.74) is 3.94. The number of benzene rings is 1. The van der Waals surface area contributed by atoms with E-state index in [1.165, 1.54) is 22.0 Å². The van der Waals surface area contributed by atoms with Crippen molar-refractivity contribution in [3.63, 3.8) is 0 Å². The van der Waals surface area contributed by atoms with E-state index in [-0.39, 0.29) is 0 Å². The standard InChI is InChI=1S/C10H12NP/c1-7-3-4-10-9(5-7)8(2)6-11(10)12/h3-6H,12H2,1-2H3. The molecule has 0 bridgehead atoms.